The fourth-order valence-corrected chi connectivity index (χ4v) is 4.00. The SMILES string of the molecule is COc1ccc(F)c(C2([C@H](C)C3CC3)N=C(N)N=C(N[C@H](C)C3CC3)N2)c1. The van der Waals surface area contributed by atoms with Gasteiger partial charge in [-0.3, -0.25) is 0 Å². The average Bonchev–Trinajstić information content (AvgIpc) is 3.53. The van der Waals surface area contributed by atoms with Gasteiger partial charge >= 0.3 is 0 Å². The van der Waals surface area contributed by atoms with E-state index in [0.29, 0.717) is 29.1 Å². The zero-order valence-electron chi connectivity index (χ0n) is 16.1. The molecule has 1 aliphatic heterocycles. The quantitative estimate of drug-likeness (QED) is 0.716. The van der Waals surface area contributed by atoms with E-state index in [9.17, 15) is 4.39 Å². The summed E-state index contributed by atoms with van der Waals surface area (Å²) in [6, 6.07) is 5.04. The van der Waals surface area contributed by atoms with Crippen LogP contribution in [0.4, 0.5) is 4.39 Å². The van der Waals surface area contributed by atoms with Crippen LogP contribution in [0.25, 0.3) is 0 Å². The number of ether oxygens (including phenoxy) is 1. The summed E-state index contributed by atoms with van der Waals surface area (Å²) in [5.74, 6) is 2.17. The van der Waals surface area contributed by atoms with Crippen molar-refractivity contribution in [3.8, 4) is 5.75 Å². The number of nitrogens with one attached hydrogen (secondary N) is 2. The first-order chi connectivity index (χ1) is 12.9. The van der Waals surface area contributed by atoms with Crippen LogP contribution in [0.15, 0.2) is 28.2 Å². The molecule has 1 heterocycles. The van der Waals surface area contributed by atoms with E-state index in [0.717, 1.165) is 12.8 Å². The second-order valence-electron chi connectivity index (χ2n) is 8.06. The van der Waals surface area contributed by atoms with Crippen LogP contribution in [0.1, 0.15) is 45.1 Å². The van der Waals surface area contributed by atoms with Gasteiger partial charge in [0.25, 0.3) is 0 Å². The van der Waals surface area contributed by atoms with Crippen molar-refractivity contribution in [2.24, 2.45) is 33.5 Å². The maximum atomic E-state index is 15.0. The highest BCUT2D eigenvalue weighted by Crippen LogP contribution is 2.48. The zero-order valence-corrected chi connectivity index (χ0v) is 16.1. The molecule has 0 amide bonds. The Hall–Kier alpha value is -2.31. The zero-order chi connectivity index (χ0) is 19.2. The van der Waals surface area contributed by atoms with Gasteiger partial charge in [-0.2, -0.15) is 4.99 Å². The summed E-state index contributed by atoms with van der Waals surface area (Å²) >= 11 is 0. The predicted molar refractivity (Wildman–Crippen MR) is 104 cm³/mol. The molecule has 2 aliphatic carbocycles. The molecule has 0 spiro atoms. The highest BCUT2D eigenvalue weighted by molar-refractivity contribution is 5.97. The molecule has 6 nitrogen and oxygen atoms in total. The van der Waals surface area contributed by atoms with Crippen LogP contribution in [0, 0.1) is 23.6 Å². The van der Waals surface area contributed by atoms with Crippen LogP contribution in [0.3, 0.4) is 0 Å². The Morgan fingerprint density at radius 2 is 1.96 bits per heavy atom. The number of aliphatic imine (C=N–C) groups is 2. The summed E-state index contributed by atoms with van der Waals surface area (Å²) in [6.07, 6.45) is 4.67. The molecule has 3 aliphatic rings. The molecular weight excluding hydrogens is 345 g/mol. The largest absolute Gasteiger partial charge is 0.497 e. The molecule has 4 rings (SSSR count). The second kappa shape index (κ2) is 6.69. The molecule has 3 atom stereocenters. The topological polar surface area (TPSA) is 84.0 Å². The van der Waals surface area contributed by atoms with E-state index in [1.54, 1.807) is 19.2 Å². The number of nitrogens with zero attached hydrogens (tertiary/aromatic N) is 2. The molecule has 146 valence electrons. The molecule has 1 aromatic carbocycles. The van der Waals surface area contributed by atoms with E-state index < -0.39 is 5.66 Å². The smallest absolute Gasteiger partial charge is 0.221 e. The van der Waals surface area contributed by atoms with Crippen molar-refractivity contribution in [2.45, 2.75) is 51.2 Å². The molecule has 0 saturated heterocycles. The summed E-state index contributed by atoms with van der Waals surface area (Å²) in [7, 11) is 1.58. The van der Waals surface area contributed by atoms with E-state index in [1.807, 2.05) is 0 Å². The minimum absolute atomic E-state index is 0.0567. The first-order valence-corrected chi connectivity index (χ1v) is 9.75. The van der Waals surface area contributed by atoms with Gasteiger partial charge in [0, 0.05) is 17.5 Å². The molecule has 0 radical (unpaired) electrons. The van der Waals surface area contributed by atoms with Gasteiger partial charge < -0.3 is 21.1 Å². The van der Waals surface area contributed by atoms with Gasteiger partial charge in [-0.1, -0.05) is 6.92 Å². The van der Waals surface area contributed by atoms with Crippen LogP contribution in [0.5, 0.6) is 5.75 Å². The number of halogens is 1. The first-order valence-electron chi connectivity index (χ1n) is 9.75. The third-order valence-corrected chi connectivity index (χ3v) is 6.09. The van der Waals surface area contributed by atoms with Gasteiger partial charge in [-0.05, 0) is 62.6 Å². The lowest BCUT2D eigenvalue weighted by Crippen LogP contribution is -2.58. The molecule has 27 heavy (non-hydrogen) atoms. The van der Waals surface area contributed by atoms with Crippen LogP contribution >= 0.6 is 0 Å². The third kappa shape index (κ3) is 3.47. The van der Waals surface area contributed by atoms with Crippen molar-refractivity contribution in [1.29, 1.82) is 0 Å². The Bertz CT molecular complexity index is 787. The van der Waals surface area contributed by atoms with Crippen LogP contribution in [-0.4, -0.2) is 25.1 Å². The van der Waals surface area contributed by atoms with Crippen LogP contribution < -0.4 is 21.1 Å². The molecule has 1 unspecified atom stereocenters. The molecule has 1 aromatic rings. The minimum atomic E-state index is -1.00. The predicted octanol–water partition coefficient (Wildman–Crippen LogP) is 2.70. The van der Waals surface area contributed by atoms with Gasteiger partial charge in [-0.15, -0.1) is 0 Å². The molecule has 7 heteroatoms. The van der Waals surface area contributed by atoms with Crippen molar-refractivity contribution >= 4 is 11.9 Å². The van der Waals surface area contributed by atoms with Gasteiger partial charge in [0.05, 0.1) is 7.11 Å². The maximum Gasteiger partial charge on any atom is 0.221 e. The molecule has 0 aromatic heterocycles. The lowest BCUT2D eigenvalue weighted by atomic mass is 9.83. The van der Waals surface area contributed by atoms with Gasteiger partial charge in [-0.25, -0.2) is 9.38 Å². The van der Waals surface area contributed by atoms with Crippen molar-refractivity contribution in [1.82, 2.24) is 10.6 Å². The summed E-state index contributed by atoms with van der Waals surface area (Å²) < 4.78 is 20.3. The first kappa shape index (κ1) is 18.1. The molecule has 0 bridgehead atoms. The summed E-state index contributed by atoms with van der Waals surface area (Å²) in [4.78, 5) is 9.02. The van der Waals surface area contributed by atoms with Crippen LogP contribution in [0.2, 0.25) is 0 Å². The van der Waals surface area contributed by atoms with E-state index in [4.69, 9.17) is 10.5 Å². The van der Waals surface area contributed by atoms with Gasteiger partial charge in [0.1, 0.15) is 11.6 Å². The Balaban J connectivity index is 1.74. The van der Waals surface area contributed by atoms with Gasteiger partial charge in [0.2, 0.25) is 11.9 Å². The molecular formula is C20H28FN5O. The monoisotopic (exact) mass is 373 g/mol. The molecule has 2 saturated carbocycles. The maximum absolute atomic E-state index is 15.0. The number of hydrogen-bond donors (Lipinski definition) is 3. The highest BCUT2D eigenvalue weighted by Gasteiger charge is 2.49. The summed E-state index contributed by atoms with van der Waals surface area (Å²) in [6.45, 7) is 4.25. The van der Waals surface area contributed by atoms with E-state index in [1.165, 1.54) is 18.9 Å². The fraction of sp³-hybridized carbons (Fsp3) is 0.600. The normalized spacial score (nSPS) is 27.1. The van der Waals surface area contributed by atoms with Gasteiger partial charge in [0.15, 0.2) is 5.66 Å². The summed E-state index contributed by atoms with van der Waals surface area (Å²) in [5.41, 5.74) is 5.55. The van der Waals surface area contributed by atoms with E-state index in [-0.39, 0.29) is 23.7 Å². The van der Waals surface area contributed by atoms with Crippen molar-refractivity contribution in [3.05, 3.63) is 29.6 Å². The number of methoxy groups -OCH3 is 1. The Labute approximate surface area is 159 Å². The number of hydrogen-bond acceptors (Lipinski definition) is 6. The average molecular weight is 373 g/mol. The van der Waals surface area contributed by atoms with E-state index >= 15 is 0 Å². The highest BCUT2D eigenvalue weighted by atomic mass is 19.1. The van der Waals surface area contributed by atoms with Crippen molar-refractivity contribution in [3.63, 3.8) is 0 Å². The Morgan fingerprint density at radius 1 is 1.26 bits per heavy atom. The van der Waals surface area contributed by atoms with Crippen molar-refractivity contribution < 1.29 is 9.13 Å². The summed E-state index contributed by atoms with van der Waals surface area (Å²) in [5, 5.41) is 6.84. The van der Waals surface area contributed by atoms with E-state index in [2.05, 4.69) is 34.5 Å². The Morgan fingerprint density at radius 3 is 2.59 bits per heavy atom. The third-order valence-electron chi connectivity index (χ3n) is 6.09. The fourth-order valence-electron chi connectivity index (χ4n) is 4.00. The molecule has 4 N–H and O–H groups in total. The lowest BCUT2D eigenvalue weighted by molar-refractivity contribution is 0.229. The number of guanidine groups is 2. The second-order valence-corrected chi connectivity index (χ2v) is 8.06. The van der Waals surface area contributed by atoms with Crippen LogP contribution in [-0.2, 0) is 5.66 Å². The number of nitrogens with two attached hydrogens (primary N) is 1. The Kier molecular flexibility index (Phi) is 4.48. The molecule has 2 fully saturated rings. The number of benzene rings is 1. The standard InChI is InChI=1S/C20H28FN5O/c1-11(13-4-5-13)20(16-10-15(27-3)8-9-17(16)21)25-18(22)24-19(26-20)23-12(2)14-6-7-14/h8-14H,4-7H2,1-3H3,(H4,22,23,24,25,26)/t11-,12-,20?/m1/s1. The number of rotatable bonds is 6. The van der Waals surface area contributed by atoms with Crippen molar-refractivity contribution in [2.75, 3.05) is 7.11 Å². The minimum Gasteiger partial charge on any atom is -0.497 e. The lowest BCUT2D eigenvalue weighted by Gasteiger charge is -2.40.